The molecule has 18 heteroatoms. The number of rotatable bonds is 15. The van der Waals surface area contributed by atoms with Crippen molar-refractivity contribution in [1.29, 1.82) is 0 Å². The highest BCUT2D eigenvalue weighted by molar-refractivity contribution is 5.90. The average Bonchev–Trinajstić information content (AvgIpc) is 4.23. The Bertz CT molecular complexity index is 2070. The second-order valence-electron chi connectivity index (χ2n) is 24.4. The number of carbonyl (C=O) groups is 8. The zero-order valence-corrected chi connectivity index (χ0v) is 51.3. The van der Waals surface area contributed by atoms with Crippen LogP contribution in [0.5, 0.6) is 0 Å². The first kappa shape index (κ1) is 72.9. The zero-order valence-electron chi connectivity index (χ0n) is 51.3. The highest BCUT2D eigenvalue weighted by Gasteiger charge is 2.39. The van der Waals surface area contributed by atoms with E-state index in [2.05, 4.69) is 31.4 Å². The molecule has 0 bridgehead atoms. The number of carbonyl (C=O) groups excluding carboxylic acids is 8. The first-order chi connectivity index (χ1) is 37.1. The lowest BCUT2D eigenvalue weighted by Gasteiger charge is -2.30. The van der Waals surface area contributed by atoms with Crippen LogP contribution in [0.2, 0.25) is 0 Å². The molecule has 6 rings (SSSR count). The normalized spacial score (nSPS) is 23.6. The molecular weight excluding hydrogens is 1030 g/mol. The molecule has 0 amide bonds. The maximum absolute atomic E-state index is 11.8. The summed E-state index contributed by atoms with van der Waals surface area (Å²) in [5.74, 6) is -2.64. The Hall–Kier alpha value is -5.10. The molecule has 0 aromatic carbocycles. The van der Waals surface area contributed by atoms with Crippen LogP contribution in [0.15, 0.2) is 36.5 Å². The number of hydrogen-bond acceptors (Lipinski definition) is 18. The van der Waals surface area contributed by atoms with Crippen LogP contribution in [0, 0.1) is 16.2 Å². The van der Waals surface area contributed by atoms with E-state index in [4.69, 9.17) is 33.2 Å². The molecule has 458 valence electrons. The third-order valence-corrected chi connectivity index (χ3v) is 15.5. The Kier molecular flexibility index (Phi) is 31.3. The molecule has 6 unspecified atom stereocenters. The number of aliphatic hydroxyl groups is 2. The van der Waals surface area contributed by atoms with E-state index in [1.54, 1.807) is 27.7 Å². The highest BCUT2D eigenvalue weighted by atomic mass is 16.6. The predicted octanol–water partition coefficient (Wildman–Crippen LogP) is 11.1. The number of ether oxygens (including phenoxy) is 8. The molecule has 4 aliphatic carbocycles. The summed E-state index contributed by atoms with van der Waals surface area (Å²) >= 11 is 0. The predicted molar refractivity (Wildman–Crippen MR) is 302 cm³/mol. The Balaban J connectivity index is 0.000000481. The van der Waals surface area contributed by atoms with E-state index in [1.807, 2.05) is 55.4 Å². The van der Waals surface area contributed by atoms with E-state index in [0.717, 1.165) is 89.9 Å². The third kappa shape index (κ3) is 26.2. The van der Waals surface area contributed by atoms with Crippen LogP contribution in [0.25, 0.3) is 0 Å². The van der Waals surface area contributed by atoms with Gasteiger partial charge in [-0.1, -0.05) is 53.3 Å². The van der Waals surface area contributed by atoms with Crippen molar-refractivity contribution < 1.29 is 86.5 Å². The molecule has 6 fully saturated rings. The molecule has 2 heterocycles. The first-order valence-corrected chi connectivity index (χ1v) is 29.1. The van der Waals surface area contributed by atoms with Gasteiger partial charge < -0.3 is 48.1 Å². The second kappa shape index (κ2) is 34.4. The number of esters is 8. The molecule has 4 saturated carbocycles. The van der Waals surface area contributed by atoms with Gasteiger partial charge in [0.2, 0.25) is 12.2 Å². The van der Waals surface area contributed by atoms with Gasteiger partial charge in [0.05, 0.1) is 41.7 Å². The van der Waals surface area contributed by atoms with Crippen LogP contribution in [-0.2, 0) is 76.3 Å². The van der Waals surface area contributed by atoms with Crippen LogP contribution in [0.1, 0.15) is 232 Å². The largest absolute Gasteiger partial charge is 0.463 e. The van der Waals surface area contributed by atoms with Crippen molar-refractivity contribution in [2.45, 2.75) is 280 Å². The van der Waals surface area contributed by atoms with Crippen molar-refractivity contribution >= 4 is 47.8 Å². The van der Waals surface area contributed by atoms with Gasteiger partial charge in [-0.2, -0.15) is 0 Å². The third-order valence-electron chi connectivity index (χ3n) is 15.5. The van der Waals surface area contributed by atoms with Crippen molar-refractivity contribution in [1.82, 2.24) is 0 Å². The first-order valence-electron chi connectivity index (χ1n) is 29.1. The minimum absolute atomic E-state index is 0.0376. The summed E-state index contributed by atoms with van der Waals surface area (Å²) in [7, 11) is 0. The Morgan fingerprint density at radius 1 is 0.475 bits per heavy atom. The van der Waals surface area contributed by atoms with E-state index >= 15 is 0 Å². The highest BCUT2D eigenvalue weighted by Crippen LogP contribution is 2.36. The molecule has 6 atom stereocenters. The lowest BCUT2D eigenvalue weighted by molar-refractivity contribution is -0.169. The van der Waals surface area contributed by atoms with Gasteiger partial charge in [0, 0.05) is 29.6 Å². The van der Waals surface area contributed by atoms with Crippen molar-refractivity contribution in [2.75, 3.05) is 13.2 Å². The number of cyclic esters (lactones) is 2. The van der Waals surface area contributed by atoms with E-state index < -0.39 is 59.1 Å². The monoisotopic (exact) mass is 1130 g/mol. The zero-order chi connectivity index (χ0) is 61.2. The van der Waals surface area contributed by atoms with E-state index in [1.165, 1.54) is 32.6 Å². The van der Waals surface area contributed by atoms with Crippen LogP contribution < -0.4 is 0 Å². The molecule has 80 heavy (non-hydrogen) atoms. The smallest absolute Gasteiger partial charge is 0.347 e. The molecule has 18 nitrogen and oxygen atoms in total. The van der Waals surface area contributed by atoms with Gasteiger partial charge in [0.25, 0.3) is 0 Å². The second-order valence-corrected chi connectivity index (χ2v) is 24.4. The van der Waals surface area contributed by atoms with Gasteiger partial charge in [0.1, 0.15) is 23.4 Å². The van der Waals surface area contributed by atoms with E-state index in [-0.39, 0.29) is 58.3 Å². The van der Waals surface area contributed by atoms with Crippen molar-refractivity contribution in [3.05, 3.63) is 36.5 Å². The molecule has 2 N–H and O–H groups in total. The molecular formula is C62H102O18. The Morgan fingerprint density at radius 3 is 1.15 bits per heavy atom. The fraction of sp³-hybridized carbons (Fsp3) is 0.774. The van der Waals surface area contributed by atoms with Crippen molar-refractivity contribution in [3.8, 4) is 0 Å². The topological polar surface area (TPSA) is 251 Å². The molecule has 2 saturated heterocycles. The molecule has 0 spiro atoms. The number of aliphatic hydroxyl groups excluding tert-OH is 2. The van der Waals surface area contributed by atoms with Crippen LogP contribution in [-0.4, -0.2) is 119 Å². The summed E-state index contributed by atoms with van der Waals surface area (Å²) in [6.45, 7) is 37.2. The van der Waals surface area contributed by atoms with Gasteiger partial charge in [-0.25, -0.2) is 24.0 Å². The SMILES string of the molecule is C=C(C)C(=O)OC1(C)CCCC1.C=C(C)C(=O)OC1CCCCC1O.C=C(C)C(=O)OC1CCOC1=O.CCC(C)(C)C(=O)OC1(C)CCCC1.CCC(C)(C)C(=O)OC1CCCCC1O.CCC(C)(C)C(=O)OC1CCOC1=O. The maximum atomic E-state index is 11.8. The summed E-state index contributed by atoms with van der Waals surface area (Å²) in [5.41, 5.74) is -0.513. The Labute approximate surface area is 478 Å². The fourth-order valence-corrected chi connectivity index (χ4v) is 8.21. The minimum Gasteiger partial charge on any atom is -0.463 e. The molecule has 6 aliphatic rings. The lowest BCUT2D eigenvalue weighted by Crippen LogP contribution is -2.38. The molecule has 0 aromatic heterocycles. The quantitative estimate of drug-likeness (QED) is 0.0878. The fourth-order valence-electron chi connectivity index (χ4n) is 8.21. The summed E-state index contributed by atoms with van der Waals surface area (Å²) in [4.78, 5) is 90.2. The molecule has 0 aromatic rings. The average molecular weight is 1140 g/mol. The molecule has 0 radical (unpaired) electrons. The van der Waals surface area contributed by atoms with Crippen LogP contribution in [0.3, 0.4) is 0 Å². The van der Waals surface area contributed by atoms with Gasteiger partial charge in [-0.15, -0.1) is 0 Å². The molecule has 2 aliphatic heterocycles. The van der Waals surface area contributed by atoms with Crippen molar-refractivity contribution in [3.63, 3.8) is 0 Å². The summed E-state index contributed by atoms with van der Waals surface area (Å²) in [5, 5.41) is 19.2. The Morgan fingerprint density at radius 2 is 0.800 bits per heavy atom. The van der Waals surface area contributed by atoms with Gasteiger partial charge >= 0.3 is 47.8 Å². The maximum Gasteiger partial charge on any atom is 0.347 e. The van der Waals surface area contributed by atoms with Gasteiger partial charge in [-0.3, -0.25) is 14.4 Å². The van der Waals surface area contributed by atoms with Crippen LogP contribution >= 0.6 is 0 Å². The summed E-state index contributed by atoms with van der Waals surface area (Å²) in [6.07, 6.45) is 16.1. The van der Waals surface area contributed by atoms with E-state index in [0.29, 0.717) is 43.6 Å². The van der Waals surface area contributed by atoms with Gasteiger partial charge in [-0.05, 0) is 185 Å². The van der Waals surface area contributed by atoms with Crippen LogP contribution in [0.4, 0.5) is 0 Å². The number of hydrogen-bond donors (Lipinski definition) is 2. The minimum atomic E-state index is -0.728. The summed E-state index contributed by atoms with van der Waals surface area (Å²) < 4.78 is 40.5. The lowest BCUT2D eigenvalue weighted by atomic mass is 9.89. The van der Waals surface area contributed by atoms with Gasteiger partial charge in [0.15, 0.2) is 0 Å². The summed E-state index contributed by atoms with van der Waals surface area (Å²) in [6, 6.07) is 0. The van der Waals surface area contributed by atoms with E-state index in [9.17, 15) is 48.6 Å². The van der Waals surface area contributed by atoms with Crippen molar-refractivity contribution in [2.24, 2.45) is 16.2 Å². The standard InChI is InChI=1S/C12H22O3.C12H22O2.C10H16O4.C10H16O3.C10H16O2.C8H10O4/c1-4-12(2,3)11(14)15-10-8-6-5-7-9(10)13;1-5-11(2,3)10(13)14-12(4)8-6-7-9-12;1-4-10(2,3)9(12)14-7-5-6-13-8(7)11;1-7(2)10(12)13-9-6-4-3-5-8(9)11;1-8(2)9(11)12-10(3)6-4-5-7-10;1-5(2)7(9)12-6-3-4-11-8(6)10/h9-10,13H,4-8H2,1-3H3;5-9H2,1-4H3;7H,4-6H2,1-3H3;8-9,11H,1,3-6H2,2H3;1,4-7H2,2-3H3;6H,1,3-4H2,2H3.